The standard InChI is InChI=1S/C60H66N2/c1-36(2)48-35-52(61(56-37(3)18-15-19-38(56)4)44-26-24-42(25-27-44)58(7,8)9)49-34-50-53-41(30-31-60(50,13)14)32-51(47-29-28-46(48)54(49)55(47)53)62(57-39(5)20-16-21-40(57)6)45-23-17-22-43(33-45)59(10,11)12/h15-29,32-36H,30-31H2,1-14H3. The van der Waals surface area contributed by atoms with E-state index >= 15 is 0 Å². The maximum atomic E-state index is 2.62. The molecule has 0 radical (unpaired) electrons. The molecule has 62 heavy (non-hydrogen) atoms. The summed E-state index contributed by atoms with van der Waals surface area (Å²) >= 11 is 0. The van der Waals surface area contributed by atoms with Crippen LogP contribution in [-0.4, -0.2) is 0 Å². The molecule has 1 aliphatic rings. The minimum atomic E-state index is 0.000388. The number of benzene rings is 8. The Kier molecular flexibility index (Phi) is 9.93. The molecule has 0 amide bonds. The van der Waals surface area contributed by atoms with E-state index in [9.17, 15) is 0 Å². The molecular formula is C60H66N2. The van der Waals surface area contributed by atoms with Crippen molar-refractivity contribution in [3.8, 4) is 0 Å². The van der Waals surface area contributed by atoms with E-state index in [2.05, 4.69) is 222 Å². The molecule has 2 nitrogen and oxygen atoms in total. The predicted molar refractivity (Wildman–Crippen MR) is 271 cm³/mol. The first kappa shape index (κ1) is 41.7. The highest BCUT2D eigenvalue weighted by Crippen LogP contribution is 2.55. The van der Waals surface area contributed by atoms with Crippen molar-refractivity contribution in [2.24, 2.45) is 0 Å². The molecule has 2 heteroatoms. The van der Waals surface area contributed by atoms with Gasteiger partial charge < -0.3 is 9.80 Å². The van der Waals surface area contributed by atoms with Crippen molar-refractivity contribution in [1.82, 2.24) is 0 Å². The Morgan fingerprint density at radius 3 is 1.60 bits per heavy atom. The summed E-state index contributed by atoms with van der Waals surface area (Å²) in [5.41, 5.74) is 19.6. The second-order valence-corrected chi connectivity index (χ2v) is 21.6. The van der Waals surface area contributed by atoms with Gasteiger partial charge in [0.15, 0.2) is 0 Å². The highest BCUT2D eigenvalue weighted by atomic mass is 15.2. The summed E-state index contributed by atoms with van der Waals surface area (Å²) in [6.45, 7) is 32.7. The molecule has 9 rings (SSSR count). The van der Waals surface area contributed by atoms with E-state index in [0.717, 1.165) is 12.8 Å². The fraction of sp³-hybridized carbons (Fsp3) is 0.333. The third-order valence-corrected chi connectivity index (χ3v) is 14.2. The fourth-order valence-corrected chi connectivity index (χ4v) is 10.6. The smallest absolute Gasteiger partial charge is 0.0543 e. The Morgan fingerprint density at radius 1 is 0.500 bits per heavy atom. The topological polar surface area (TPSA) is 6.48 Å². The van der Waals surface area contributed by atoms with Gasteiger partial charge in [0.2, 0.25) is 0 Å². The Bertz CT molecular complexity index is 2980. The van der Waals surface area contributed by atoms with E-state index in [1.54, 1.807) is 0 Å². The molecule has 0 atom stereocenters. The average Bonchev–Trinajstić information content (AvgIpc) is 3.21. The average molecular weight is 815 g/mol. The van der Waals surface area contributed by atoms with Crippen LogP contribution in [0.15, 0.2) is 115 Å². The van der Waals surface area contributed by atoms with Gasteiger partial charge in [0.25, 0.3) is 0 Å². The molecule has 0 saturated heterocycles. The van der Waals surface area contributed by atoms with Gasteiger partial charge in [-0.05, 0) is 171 Å². The van der Waals surface area contributed by atoms with Crippen molar-refractivity contribution in [3.63, 3.8) is 0 Å². The van der Waals surface area contributed by atoms with Gasteiger partial charge in [0.1, 0.15) is 0 Å². The normalized spacial score (nSPS) is 14.1. The second kappa shape index (κ2) is 14.8. The van der Waals surface area contributed by atoms with Crippen molar-refractivity contribution in [2.45, 2.75) is 132 Å². The molecule has 316 valence electrons. The van der Waals surface area contributed by atoms with Crippen LogP contribution in [0, 0.1) is 27.7 Å². The predicted octanol–water partition coefficient (Wildman–Crippen LogP) is 17.7. The largest absolute Gasteiger partial charge is 0.309 e. The van der Waals surface area contributed by atoms with Gasteiger partial charge >= 0.3 is 0 Å². The highest BCUT2D eigenvalue weighted by Gasteiger charge is 2.35. The summed E-state index contributed by atoms with van der Waals surface area (Å²) in [5.74, 6) is 0.315. The van der Waals surface area contributed by atoms with Crippen LogP contribution < -0.4 is 9.80 Å². The molecular weight excluding hydrogens is 749 g/mol. The fourth-order valence-electron chi connectivity index (χ4n) is 10.6. The van der Waals surface area contributed by atoms with Gasteiger partial charge in [0, 0.05) is 27.5 Å². The molecule has 0 unspecified atom stereocenters. The molecule has 0 heterocycles. The van der Waals surface area contributed by atoms with Crippen molar-refractivity contribution in [3.05, 3.63) is 165 Å². The van der Waals surface area contributed by atoms with Crippen LogP contribution in [0.1, 0.15) is 132 Å². The molecule has 0 bridgehead atoms. The zero-order valence-electron chi connectivity index (χ0n) is 39.9. The van der Waals surface area contributed by atoms with Crippen LogP contribution >= 0.6 is 0 Å². The number of hydrogen-bond donors (Lipinski definition) is 0. The lowest BCUT2D eigenvalue weighted by Crippen LogP contribution is -2.24. The SMILES string of the molecule is Cc1cccc(C)c1N(c1ccc(C(C)(C)C)cc1)c1cc(C(C)C)c2ccc3c(N(c4cccc(C(C)(C)C)c4)c4c(C)cccc4C)cc4c5c(cc1c2c35)C(C)(C)CC4. The summed E-state index contributed by atoms with van der Waals surface area (Å²) in [4.78, 5) is 5.20. The van der Waals surface area contributed by atoms with Crippen LogP contribution in [-0.2, 0) is 22.7 Å². The van der Waals surface area contributed by atoms with Crippen LogP contribution in [0.4, 0.5) is 34.1 Å². The van der Waals surface area contributed by atoms with E-state index in [0.29, 0.717) is 5.92 Å². The molecule has 0 saturated carbocycles. The summed E-state index contributed by atoms with van der Waals surface area (Å²) in [5, 5.41) is 8.25. The Balaban J connectivity index is 1.46. The minimum absolute atomic E-state index is 0.000388. The van der Waals surface area contributed by atoms with Gasteiger partial charge in [-0.2, -0.15) is 0 Å². The van der Waals surface area contributed by atoms with E-state index in [-0.39, 0.29) is 16.2 Å². The van der Waals surface area contributed by atoms with Gasteiger partial charge in [-0.25, -0.2) is 0 Å². The third kappa shape index (κ3) is 6.77. The molecule has 0 N–H and O–H groups in total. The second-order valence-electron chi connectivity index (χ2n) is 21.6. The maximum Gasteiger partial charge on any atom is 0.0543 e. The quantitative estimate of drug-likeness (QED) is 0.148. The Labute approximate surface area is 371 Å². The number of rotatable bonds is 7. The van der Waals surface area contributed by atoms with Crippen molar-refractivity contribution in [2.75, 3.05) is 9.80 Å². The summed E-state index contributed by atoms with van der Waals surface area (Å²) in [6.07, 6.45) is 2.14. The minimum Gasteiger partial charge on any atom is -0.309 e. The van der Waals surface area contributed by atoms with Gasteiger partial charge in [-0.1, -0.05) is 142 Å². The molecule has 8 aromatic rings. The van der Waals surface area contributed by atoms with E-state index < -0.39 is 0 Å². The lowest BCUT2D eigenvalue weighted by Gasteiger charge is -2.38. The number of hydrogen-bond acceptors (Lipinski definition) is 2. The van der Waals surface area contributed by atoms with E-state index in [4.69, 9.17) is 0 Å². The van der Waals surface area contributed by atoms with Crippen LogP contribution in [0.25, 0.3) is 32.3 Å². The van der Waals surface area contributed by atoms with Gasteiger partial charge in [0.05, 0.1) is 22.7 Å². The molecule has 0 fully saturated rings. The highest BCUT2D eigenvalue weighted by molar-refractivity contribution is 6.30. The first-order valence-electron chi connectivity index (χ1n) is 23.0. The number of nitrogens with zero attached hydrogens (tertiary/aromatic N) is 2. The summed E-state index contributed by atoms with van der Waals surface area (Å²) < 4.78 is 0. The van der Waals surface area contributed by atoms with E-state index in [1.165, 1.54) is 117 Å². The lowest BCUT2D eigenvalue weighted by atomic mass is 9.70. The lowest BCUT2D eigenvalue weighted by molar-refractivity contribution is 0.475. The van der Waals surface area contributed by atoms with Crippen LogP contribution in [0.2, 0.25) is 0 Å². The van der Waals surface area contributed by atoms with Crippen molar-refractivity contribution in [1.29, 1.82) is 0 Å². The summed E-state index contributed by atoms with van der Waals surface area (Å²) in [6, 6.07) is 44.9. The summed E-state index contributed by atoms with van der Waals surface area (Å²) in [7, 11) is 0. The zero-order chi connectivity index (χ0) is 44.2. The maximum absolute atomic E-state index is 2.62. The van der Waals surface area contributed by atoms with E-state index in [1.807, 2.05) is 0 Å². The number of anilines is 6. The van der Waals surface area contributed by atoms with Crippen LogP contribution in [0.5, 0.6) is 0 Å². The van der Waals surface area contributed by atoms with Crippen molar-refractivity contribution >= 4 is 66.4 Å². The number of para-hydroxylation sites is 2. The van der Waals surface area contributed by atoms with Gasteiger partial charge in [-0.15, -0.1) is 0 Å². The monoisotopic (exact) mass is 815 g/mol. The van der Waals surface area contributed by atoms with Gasteiger partial charge in [-0.3, -0.25) is 0 Å². The molecule has 8 aromatic carbocycles. The Hall–Kier alpha value is -5.60. The third-order valence-electron chi connectivity index (χ3n) is 14.2. The molecule has 0 aliphatic heterocycles. The van der Waals surface area contributed by atoms with Crippen LogP contribution in [0.3, 0.4) is 0 Å². The first-order valence-corrected chi connectivity index (χ1v) is 23.0. The van der Waals surface area contributed by atoms with Crippen molar-refractivity contribution < 1.29 is 0 Å². The zero-order valence-corrected chi connectivity index (χ0v) is 39.9. The Morgan fingerprint density at radius 2 is 1.03 bits per heavy atom. The molecule has 0 spiro atoms. The number of aryl methyl sites for hydroxylation is 5. The first-order chi connectivity index (χ1) is 29.3. The molecule has 0 aromatic heterocycles. The molecule has 1 aliphatic carbocycles.